The highest BCUT2D eigenvalue weighted by molar-refractivity contribution is 5.47. The second-order valence-electron chi connectivity index (χ2n) is 8.56. The molecule has 0 amide bonds. The molecule has 0 bridgehead atoms. The zero-order valence-electron chi connectivity index (χ0n) is 16.5. The summed E-state index contributed by atoms with van der Waals surface area (Å²) in [5, 5.41) is 0. The van der Waals surface area contributed by atoms with Gasteiger partial charge in [-0.05, 0) is 36.7 Å². The molecule has 148 valence electrons. The molecule has 6 nitrogen and oxygen atoms in total. The molecule has 1 N–H and O–H groups in total. The van der Waals surface area contributed by atoms with E-state index in [0.29, 0.717) is 24.5 Å². The molecule has 5 rings (SSSR count). The van der Waals surface area contributed by atoms with Crippen molar-refractivity contribution in [1.82, 2.24) is 9.97 Å². The first-order chi connectivity index (χ1) is 13.6. The van der Waals surface area contributed by atoms with E-state index in [0.717, 1.165) is 43.7 Å². The Kier molecular flexibility index (Phi) is 4.38. The van der Waals surface area contributed by atoms with Gasteiger partial charge in [0.1, 0.15) is 5.82 Å². The van der Waals surface area contributed by atoms with E-state index in [2.05, 4.69) is 59.0 Å². The summed E-state index contributed by atoms with van der Waals surface area (Å²) in [5.41, 5.74) is 1.27. The van der Waals surface area contributed by atoms with Crippen molar-refractivity contribution in [1.29, 1.82) is 0 Å². The molecule has 5 atom stereocenters. The van der Waals surface area contributed by atoms with Gasteiger partial charge in [-0.3, -0.25) is 9.78 Å². The lowest BCUT2D eigenvalue weighted by molar-refractivity contribution is 0.0529. The lowest BCUT2D eigenvalue weighted by Crippen LogP contribution is -2.43. The Labute approximate surface area is 165 Å². The molecule has 2 saturated heterocycles. The minimum absolute atomic E-state index is 0.0776. The normalized spacial score (nSPS) is 31.7. The molecule has 2 aromatic rings. The van der Waals surface area contributed by atoms with Gasteiger partial charge in [-0.25, -0.2) is 0 Å². The lowest BCUT2D eigenvalue weighted by atomic mass is 10.0. The molecule has 6 heteroatoms. The summed E-state index contributed by atoms with van der Waals surface area (Å²) in [6.45, 7) is 7.61. The third-order valence-electron chi connectivity index (χ3n) is 6.73. The van der Waals surface area contributed by atoms with Crippen LogP contribution in [0.2, 0.25) is 0 Å². The smallest absolute Gasteiger partial charge is 0.254 e. The van der Waals surface area contributed by atoms with Gasteiger partial charge in [0.25, 0.3) is 5.56 Å². The van der Waals surface area contributed by atoms with Crippen molar-refractivity contribution >= 4 is 11.8 Å². The van der Waals surface area contributed by atoms with E-state index in [9.17, 15) is 4.79 Å². The largest absolute Gasteiger partial charge is 0.375 e. The second-order valence-corrected chi connectivity index (χ2v) is 8.56. The Morgan fingerprint density at radius 2 is 2.04 bits per heavy atom. The molecule has 2 aliphatic heterocycles. The van der Waals surface area contributed by atoms with Crippen molar-refractivity contribution in [2.24, 2.45) is 17.8 Å². The van der Waals surface area contributed by atoms with Crippen LogP contribution >= 0.6 is 0 Å². The highest BCUT2D eigenvalue weighted by Gasteiger charge is 2.59. The zero-order valence-corrected chi connectivity index (χ0v) is 16.5. The molecule has 0 spiro atoms. The zero-order chi connectivity index (χ0) is 19.3. The maximum atomic E-state index is 12.4. The number of fused-ring (bicyclic) bond motifs is 1. The quantitative estimate of drug-likeness (QED) is 0.882. The number of piperidine rings is 1. The molecule has 2 unspecified atom stereocenters. The summed E-state index contributed by atoms with van der Waals surface area (Å²) < 4.78 is 5.64. The first kappa shape index (κ1) is 17.7. The number of morpholine rings is 1. The van der Waals surface area contributed by atoms with Crippen molar-refractivity contribution < 1.29 is 4.74 Å². The predicted molar refractivity (Wildman–Crippen MR) is 110 cm³/mol. The highest BCUT2D eigenvalue weighted by Crippen LogP contribution is 2.56. The Morgan fingerprint density at radius 3 is 2.82 bits per heavy atom. The average molecular weight is 380 g/mol. The Morgan fingerprint density at radius 1 is 1.21 bits per heavy atom. The van der Waals surface area contributed by atoms with Gasteiger partial charge in [0, 0.05) is 31.7 Å². The lowest BCUT2D eigenvalue weighted by Gasteiger charge is -2.33. The van der Waals surface area contributed by atoms with E-state index in [-0.39, 0.29) is 11.7 Å². The van der Waals surface area contributed by atoms with Crippen LogP contribution < -0.4 is 15.4 Å². The molecular weight excluding hydrogens is 352 g/mol. The van der Waals surface area contributed by atoms with Crippen LogP contribution in [-0.2, 0) is 11.2 Å². The van der Waals surface area contributed by atoms with Crippen molar-refractivity contribution in [3.05, 3.63) is 52.3 Å². The van der Waals surface area contributed by atoms with E-state index in [1.165, 1.54) is 5.56 Å². The fraction of sp³-hybridized carbons (Fsp3) is 0.545. The maximum Gasteiger partial charge on any atom is 0.254 e. The van der Waals surface area contributed by atoms with Crippen LogP contribution in [0, 0.1) is 17.8 Å². The van der Waals surface area contributed by atoms with Gasteiger partial charge in [0.15, 0.2) is 0 Å². The minimum atomic E-state index is -0.0776. The Balaban J connectivity index is 1.43. The molecule has 3 heterocycles. The molecular formula is C22H28N4O2. The van der Waals surface area contributed by atoms with Crippen LogP contribution in [0.15, 0.2) is 41.2 Å². The van der Waals surface area contributed by atoms with Crippen molar-refractivity contribution in [2.75, 3.05) is 36.0 Å². The van der Waals surface area contributed by atoms with Gasteiger partial charge >= 0.3 is 0 Å². The van der Waals surface area contributed by atoms with Gasteiger partial charge in [0.2, 0.25) is 5.95 Å². The summed E-state index contributed by atoms with van der Waals surface area (Å²) in [6, 6.07) is 12.7. The number of H-pyrrole nitrogens is 1. The number of nitrogens with one attached hydrogen (secondary N) is 1. The number of benzene rings is 1. The maximum absolute atomic E-state index is 12.4. The fourth-order valence-corrected chi connectivity index (χ4v) is 5.18. The van der Waals surface area contributed by atoms with Gasteiger partial charge in [-0.2, -0.15) is 4.98 Å². The fourth-order valence-electron chi connectivity index (χ4n) is 5.18. The number of nitrogens with zero attached hydrogens (tertiary/aromatic N) is 3. The number of hydrogen-bond donors (Lipinski definition) is 1. The summed E-state index contributed by atoms with van der Waals surface area (Å²) >= 11 is 0. The summed E-state index contributed by atoms with van der Waals surface area (Å²) in [4.78, 5) is 24.8. The monoisotopic (exact) mass is 380 g/mol. The van der Waals surface area contributed by atoms with Crippen molar-refractivity contribution in [3.63, 3.8) is 0 Å². The molecule has 1 aromatic carbocycles. The van der Waals surface area contributed by atoms with Crippen molar-refractivity contribution in [3.8, 4) is 0 Å². The Hall–Kier alpha value is -2.34. The van der Waals surface area contributed by atoms with Crippen LogP contribution in [0.3, 0.4) is 0 Å². The number of ether oxygens (including phenoxy) is 1. The average Bonchev–Trinajstić information content (AvgIpc) is 3.16. The highest BCUT2D eigenvalue weighted by atomic mass is 16.5. The third-order valence-corrected chi connectivity index (χ3v) is 6.73. The van der Waals surface area contributed by atoms with E-state index >= 15 is 0 Å². The molecule has 1 aromatic heterocycles. The molecule has 1 saturated carbocycles. The molecule has 3 fully saturated rings. The van der Waals surface area contributed by atoms with Gasteiger partial charge in [-0.15, -0.1) is 0 Å². The first-order valence-corrected chi connectivity index (χ1v) is 10.4. The SMILES string of the molecule is C[C@@H]1C2CN(c3nc(N4CCO[C@H](C)C4)cc(=O)[nH]3)[C@@H](Cc3ccccc3)C21. The van der Waals surface area contributed by atoms with Gasteiger partial charge in [0.05, 0.1) is 12.7 Å². The number of aromatic nitrogens is 2. The molecule has 0 radical (unpaired) electrons. The van der Waals surface area contributed by atoms with Crippen molar-refractivity contribution in [2.45, 2.75) is 32.4 Å². The van der Waals surface area contributed by atoms with Crippen LogP contribution in [0.1, 0.15) is 19.4 Å². The van der Waals surface area contributed by atoms with Crippen LogP contribution in [0.5, 0.6) is 0 Å². The standard InChI is InChI=1S/C22H28N4O2/c1-14-12-25(8-9-28-14)19-11-20(27)24-22(23-19)26-13-17-15(2)21(17)18(26)10-16-6-4-3-5-7-16/h3-7,11,14-15,17-18,21H,8-10,12-13H2,1-2H3,(H,23,24,27)/t14-,15-,17?,18+,21?/m1/s1. The van der Waals surface area contributed by atoms with E-state index in [1.54, 1.807) is 6.07 Å². The third kappa shape index (κ3) is 3.20. The second kappa shape index (κ2) is 6.92. The van der Waals surface area contributed by atoms with E-state index in [1.807, 2.05) is 0 Å². The van der Waals surface area contributed by atoms with Gasteiger partial charge < -0.3 is 14.5 Å². The number of aromatic amines is 1. The summed E-state index contributed by atoms with van der Waals surface area (Å²) in [7, 11) is 0. The minimum Gasteiger partial charge on any atom is -0.375 e. The number of hydrogen-bond acceptors (Lipinski definition) is 5. The molecule has 1 aliphatic carbocycles. The van der Waals surface area contributed by atoms with Crippen LogP contribution in [0.4, 0.5) is 11.8 Å². The Bertz CT molecular complexity index is 899. The molecule has 28 heavy (non-hydrogen) atoms. The molecule has 3 aliphatic rings. The topological polar surface area (TPSA) is 61.5 Å². The van der Waals surface area contributed by atoms with E-state index in [4.69, 9.17) is 9.72 Å². The first-order valence-electron chi connectivity index (χ1n) is 10.4. The van der Waals surface area contributed by atoms with Crippen LogP contribution in [-0.4, -0.2) is 48.4 Å². The summed E-state index contributed by atoms with van der Waals surface area (Å²) in [6.07, 6.45) is 1.15. The van der Waals surface area contributed by atoms with Gasteiger partial charge in [-0.1, -0.05) is 37.3 Å². The van der Waals surface area contributed by atoms with E-state index < -0.39 is 0 Å². The summed E-state index contributed by atoms with van der Waals surface area (Å²) in [5.74, 6) is 3.66. The predicted octanol–water partition coefficient (Wildman–Crippen LogP) is 2.31. The van der Waals surface area contributed by atoms with Crippen LogP contribution in [0.25, 0.3) is 0 Å². The number of rotatable bonds is 4. The number of anilines is 2.